The molecule has 0 aromatic carbocycles. The van der Waals surface area contributed by atoms with E-state index in [0.29, 0.717) is 0 Å². The highest BCUT2D eigenvalue weighted by Gasteiger charge is 2.03. The van der Waals surface area contributed by atoms with Crippen LogP contribution in [0.5, 0.6) is 0 Å². The van der Waals surface area contributed by atoms with Gasteiger partial charge in [0.25, 0.3) is 0 Å². The lowest BCUT2D eigenvalue weighted by atomic mass is 10.1. The van der Waals surface area contributed by atoms with Crippen LogP contribution in [0.15, 0.2) is 12.3 Å². The van der Waals surface area contributed by atoms with E-state index in [1.165, 1.54) is 0 Å². The summed E-state index contributed by atoms with van der Waals surface area (Å²) in [6.45, 7) is 2.11. The Morgan fingerprint density at radius 2 is 2.46 bits per heavy atom. The van der Waals surface area contributed by atoms with Crippen LogP contribution in [0.4, 0.5) is 0 Å². The third-order valence-electron chi connectivity index (χ3n) is 1.78. The standard InChI is InChI=1S/C10H12NO2/c1-2-3-4-8-5-6-9(10(12)13)11-7-8/h5,7H,2-4H2,1H3,(H,12,13). The van der Waals surface area contributed by atoms with Crippen LogP contribution >= 0.6 is 0 Å². The Morgan fingerprint density at radius 3 is 2.92 bits per heavy atom. The van der Waals surface area contributed by atoms with Crippen molar-refractivity contribution in [2.24, 2.45) is 0 Å². The Labute approximate surface area is 77.4 Å². The summed E-state index contributed by atoms with van der Waals surface area (Å²) in [5.74, 6) is -1.03. The lowest BCUT2D eigenvalue weighted by Crippen LogP contribution is -2.00. The lowest BCUT2D eigenvalue weighted by Gasteiger charge is -1.98. The molecule has 0 spiro atoms. The van der Waals surface area contributed by atoms with Crippen LogP contribution in [0.3, 0.4) is 0 Å². The zero-order chi connectivity index (χ0) is 9.68. The molecule has 0 unspecified atom stereocenters. The topological polar surface area (TPSA) is 50.2 Å². The van der Waals surface area contributed by atoms with Gasteiger partial charge in [0.05, 0.1) is 0 Å². The van der Waals surface area contributed by atoms with E-state index >= 15 is 0 Å². The molecule has 0 aliphatic rings. The monoisotopic (exact) mass is 178 g/mol. The highest BCUT2D eigenvalue weighted by atomic mass is 16.4. The van der Waals surface area contributed by atoms with Crippen molar-refractivity contribution in [2.75, 3.05) is 0 Å². The van der Waals surface area contributed by atoms with Crippen LogP contribution < -0.4 is 0 Å². The van der Waals surface area contributed by atoms with Crippen LogP contribution in [0.2, 0.25) is 0 Å². The van der Waals surface area contributed by atoms with Crippen molar-refractivity contribution < 1.29 is 9.90 Å². The van der Waals surface area contributed by atoms with Crippen molar-refractivity contribution in [1.82, 2.24) is 4.98 Å². The second kappa shape index (κ2) is 4.60. The van der Waals surface area contributed by atoms with Gasteiger partial charge in [0.15, 0.2) is 5.69 Å². The van der Waals surface area contributed by atoms with Crippen LogP contribution in [0.1, 0.15) is 35.8 Å². The fraction of sp³-hybridized carbons (Fsp3) is 0.400. The fourth-order valence-electron chi connectivity index (χ4n) is 1.02. The van der Waals surface area contributed by atoms with E-state index in [9.17, 15) is 4.79 Å². The Balaban J connectivity index is 2.64. The molecule has 0 atom stereocenters. The van der Waals surface area contributed by atoms with Crippen molar-refractivity contribution in [3.8, 4) is 0 Å². The first-order valence-electron chi connectivity index (χ1n) is 4.34. The van der Waals surface area contributed by atoms with Gasteiger partial charge in [0, 0.05) is 12.3 Å². The van der Waals surface area contributed by atoms with Gasteiger partial charge in [-0.1, -0.05) is 13.3 Å². The van der Waals surface area contributed by atoms with Gasteiger partial charge in [-0.25, -0.2) is 9.78 Å². The van der Waals surface area contributed by atoms with Gasteiger partial charge >= 0.3 is 5.97 Å². The van der Waals surface area contributed by atoms with E-state index in [4.69, 9.17) is 5.11 Å². The average Bonchev–Trinajstić information content (AvgIpc) is 2.15. The maximum atomic E-state index is 10.4. The van der Waals surface area contributed by atoms with E-state index in [-0.39, 0.29) is 5.69 Å². The quantitative estimate of drug-likeness (QED) is 0.766. The second-order valence-corrected chi connectivity index (χ2v) is 2.88. The summed E-state index contributed by atoms with van der Waals surface area (Å²) in [6, 6.07) is 4.34. The molecule has 1 heterocycles. The number of pyridine rings is 1. The largest absolute Gasteiger partial charge is 0.476 e. The van der Waals surface area contributed by atoms with Crippen LogP contribution in [-0.2, 0) is 6.42 Å². The Morgan fingerprint density at radius 1 is 1.69 bits per heavy atom. The molecule has 1 rings (SSSR count). The molecule has 0 bridgehead atoms. The molecule has 1 radical (unpaired) electrons. The number of aromatic carboxylic acids is 1. The lowest BCUT2D eigenvalue weighted by molar-refractivity contribution is 0.0690. The minimum Gasteiger partial charge on any atom is -0.476 e. The predicted octanol–water partition coefficient (Wildman–Crippen LogP) is 1.92. The minimum atomic E-state index is -1.03. The number of aryl methyl sites for hydroxylation is 1. The summed E-state index contributed by atoms with van der Waals surface area (Å²) in [5, 5.41) is 8.56. The number of carboxylic acid groups (broad SMARTS) is 1. The number of carbonyl (C=O) groups is 1. The maximum absolute atomic E-state index is 10.4. The van der Waals surface area contributed by atoms with E-state index in [2.05, 4.69) is 18.0 Å². The van der Waals surface area contributed by atoms with Crippen molar-refractivity contribution in [2.45, 2.75) is 26.2 Å². The van der Waals surface area contributed by atoms with Gasteiger partial charge in [-0.15, -0.1) is 0 Å². The van der Waals surface area contributed by atoms with Gasteiger partial charge < -0.3 is 5.11 Å². The molecule has 1 N–H and O–H groups in total. The van der Waals surface area contributed by atoms with Gasteiger partial charge in [-0.2, -0.15) is 0 Å². The fourth-order valence-corrected chi connectivity index (χ4v) is 1.02. The molecular weight excluding hydrogens is 166 g/mol. The highest BCUT2D eigenvalue weighted by molar-refractivity contribution is 5.84. The van der Waals surface area contributed by atoms with E-state index in [1.807, 2.05) is 0 Å². The molecule has 69 valence electrons. The molecule has 3 heteroatoms. The van der Waals surface area contributed by atoms with Gasteiger partial charge in [0.2, 0.25) is 0 Å². The number of rotatable bonds is 4. The first kappa shape index (κ1) is 9.71. The van der Waals surface area contributed by atoms with E-state index < -0.39 is 5.97 Å². The van der Waals surface area contributed by atoms with Gasteiger partial charge in [0.1, 0.15) is 0 Å². The Bertz CT molecular complexity index is 279. The third kappa shape index (κ3) is 2.86. The van der Waals surface area contributed by atoms with Gasteiger partial charge in [-0.3, -0.25) is 0 Å². The summed E-state index contributed by atoms with van der Waals surface area (Å²) in [7, 11) is 0. The number of aromatic nitrogens is 1. The number of hydrogen-bond acceptors (Lipinski definition) is 2. The predicted molar refractivity (Wildman–Crippen MR) is 48.6 cm³/mol. The third-order valence-corrected chi connectivity index (χ3v) is 1.78. The summed E-state index contributed by atoms with van der Waals surface area (Å²) in [4.78, 5) is 14.2. The normalized spacial score (nSPS) is 9.92. The second-order valence-electron chi connectivity index (χ2n) is 2.88. The average molecular weight is 178 g/mol. The summed E-state index contributed by atoms with van der Waals surface area (Å²) < 4.78 is 0. The Kier molecular flexibility index (Phi) is 3.43. The van der Waals surface area contributed by atoms with Crippen molar-refractivity contribution >= 4 is 5.97 Å². The number of hydrogen-bond donors (Lipinski definition) is 1. The first-order valence-corrected chi connectivity index (χ1v) is 4.34. The highest BCUT2D eigenvalue weighted by Crippen LogP contribution is 2.04. The first-order chi connectivity index (χ1) is 6.24. The number of carboxylic acids is 1. The van der Waals surface area contributed by atoms with E-state index in [0.717, 1.165) is 24.8 Å². The molecular formula is C10H12NO2. The van der Waals surface area contributed by atoms with Gasteiger partial charge in [-0.05, 0) is 24.5 Å². The minimum absolute atomic E-state index is 0.0137. The molecule has 0 aliphatic carbocycles. The molecule has 3 nitrogen and oxygen atoms in total. The number of unbranched alkanes of at least 4 members (excludes halogenated alkanes) is 1. The van der Waals surface area contributed by atoms with Crippen molar-refractivity contribution in [1.29, 1.82) is 0 Å². The van der Waals surface area contributed by atoms with E-state index in [1.54, 1.807) is 12.3 Å². The van der Waals surface area contributed by atoms with Crippen molar-refractivity contribution in [3.63, 3.8) is 0 Å². The van der Waals surface area contributed by atoms with Crippen LogP contribution in [0.25, 0.3) is 0 Å². The zero-order valence-electron chi connectivity index (χ0n) is 7.58. The molecule has 0 aliphatic heterocycles. The molecule has 0 saturated heterocycles. The summed E-state index contributed by atoms with van der Waals surface area (Å²) >= 11 is 0. The zero-order valence-corrected chi connectivity index (χ0v) is 7.58. The molecule has 0 fully saturated rings. The van der Waals surface area contributed by atoms with Crippen LogP contribution in [0, 0.1) is 6.07 Å². The summed E-state index contributed by atoms with van der Waals surface area (Å²) in [6.07, 6.45) is 4.78. The molecule has 0 amide bonds. The number of nitrogens with zero attached hydrogens (tertiary/aromatic N) is 1. The smallest absolute Gasteiger partial charge is 0.355 e. The summed E-state index contributed by atoms with van der Waals surface area (Å²) in [5.41, 5.74) is 1.03. The Hall–Kier alpha value is -1.38. The van der Waals surface area contributed by atoms with Crippen molar-refractivity contribution in [3.05, 3.63) is 29.6 Å². The molecule has 1 aromatic heterocycles. The maximum Gasteiger partial charge on any atom is 0.355 e. The molecule has 13 heavy (non-hydrogen) atoms. The van der Waals surface area contributed by atoms with Crippen LogP contribution in [-0.4, -0.2) is 16.1 Å². The SMILES string of the molecule is CCCCc1c[c]c(C(=O)O)nc1. The molecule has 1 aromatic rings. The molecule has 0 saturated carbocycles.